The average Bonchev–Trinajstić information content (AvgIpc) is 2.81. The molecule has 2 aromatic carbocycles. The fraction of sp³-hybridized carbons (Fsp3) is 0.423. The molecule has 4 rings (SSSR count). The van der Waals surface area contributed by atoms with Crippen LogP contribution < -0.4 is 10.9 Å². The molecule has 6 heteroatoms. The third-order valence-corrected chi connectivity index (χ3v) is 6.42. The molecule has 168 valence electrons. The quantitative estimate of drug-likeness (QED) is 0.578. The van der Waals surface area contributed by atoms with E-state index in [-0.39, 0.29) is 11.5 Å². The first kappa shape index (κ1) is 22.2. The molecule has 1 saturated heterocycles. The second-order valence-corrected chi connectivity index (χ2v) is 8.76. The minimum absolute atomic E-state index is 0.0504. The Hall–Kier alpha value is -2.99. The van der Waals surface area contributed by atoms with Crippen molar-refractivity contribution in [1.82, 2.24) is 19.8 Å². The van der Waals surface area contributed by atoms with Crippen molar-refractivity contribution < 1.29 is 4.79 Å². The number of likely N-dealkylation sites (tertiary alicyclic amines) is 1. The molecule has 1 N–H and O–H groups in total. The van der Waals surface area contributed by atoms with E-state index in [0.29, 0.717) is 30.4 Å². The summed E-state index contributed by atoms with van der Waals surface area (Å²) in [6, 6.07) is 15.8. The zero-order valence-electron chi connectivity index (χ0n) is 19.0. The standard InChI is InChI=1S/C26H32N4O2/c1-19-8-5-6-16-29(19)17-7-15-27-25(31)22-13-11-21(12-14-22)18-30-24-10-4-3-9-23(24)28-20(2)26(30)32/h3-4,9-14,19H,5-8,15-18H2,1-2H3,(H,27,31)/t19-/m1/s1. The molecular weight excluding hydrogens is 400 g/mol. The van der Waals surface area contributed by atoms with Gasteiger partial charge in [0.05, 0.1) is 17.6 Å². The summed E-state index contributed by atoms with van der Waals surface area (Å²) in [5.41, 5.74) is 3.63. The lowest BCUT2D eigenvalue weighted by molar-refractivity contribution is 0.0949. The summed E-state index contributed by atoms with van der Waals surface area (Å²) in [7, 11) is 0. The molecule has 0 saturated carbocycles. The van der Waals surface area contributed by atoms with E-state index in [4.69, 9.17) is 0 Å². The molecule has 0 aliphatic carbocycles. The first-order chi connectivity index (χ1) is 15.5. The molecule has 6 nitrogen and oxygen atoms in total. The lowest BCUT2D eigenvalue weighted by Gasteiger charge is -2.33. The van der Waals surface area contributed by atoms with Gasteiger partial charge in [-0.15, -0.1) is 0 Å². The summed E-state index contributed by atoms with van der Waals surface area (Å²) >= 11 is 0. The van der Waals surface area contributed by atoms with Gasteiger partial charge in [0.1, 0.15) is 5.69 Å². The zero-order chi connectivity index (χ0) is 22.5. The molecule has 0 bridgehead atoms. The molecule has 2 heterocycles. The first-order valence-corrected chi connectivity index (χ1v) is 11.6. The SMILES string of the molecule is Cc1nc2ccccc2n(Cc2ccc(C(=O)NCCCN3CCCC[C@H]3C)cc2)c1=O. The number of para-hydroxylation sites is 2. The minimum Gasteiger partial charge on any atom is -0.352 e. The third-order valence-electron chi connectivity index (χ3n) is 6.42. The van der Waals surface area contributed by atoms with Gasteiger partial charge in [-0.1, -0.05) is 30.7 Å². The number of aryl methyl sites for hydroxylation is 1. The summed E-state index contributed by atoms with van der Waals surface area (Å²) in [4.78, 5) is 32.1. The predicted octanol–water partition coefficient (Wildman–Crippen LogP) is 3.75. The number of aromatic nitrogens is 2. The predicted molar refractivity (Wildman–Crippen MR) is 128 cm³/mol. The van der Waals surface area contributed by atoms with Gasteiger partial charge in [-0.05, 0) is 69.5 Å². The molecule has 0 spiro atoms. The molecular formula is C26H32N4O2. The third kappa shape index (κ3) is 5.07. The zero-order valence-corrected chi connectivity index (χ0v) is 19.0. The number of benzene rings is 2. The smallest absolute Gasteiger partial charge is 0.272 e. The fourth-order valence-corrected chi connectivity index (χ4v) is 4.50. The van der Waals surface area contributed by atoms with Crippen LogP contribution >= 0.6 is 0 Å². The average molecular weight is 433 g/mol. The van der Waals surface area contributed by atoms with Gasteiger partial charge < -0.3 is 14.8 Å². The molecule has 32 heavy (non-hydrogen) atoms. The van der Waals surface area contributed by atoms with Gasteiger partial charge in [0.2, 0.25) is 0 Å². The number of piperidine rings is 1. The van der Waals surface area contributed by atoms with Crippen LogP contribution in [0.3, 0.4) is 0 Å². The van der Waals surface area contributed by atoms with E-state index >= 15 is 0 Å². The summed E-state index contributed by atoms with van der Waals surface area (Å²) in [5.74, 6) is -0.0504. The van der Waals surface area contributed by atoms with Crippen molar-refractivity contribution in [2.75, 3.05) is 19.6 Å². The Morgan fingerprint density at radius 3 is 2.69 bits per heavy atom. The molecule has 3 aromatic rings. The van der Waals surface area contributed by atoms with Gasteiger partial charge in [0, 0.05) is 24.7 Å². The Morgan fingerprint density at radius 1 is 1.12 bits per heavy atom. The Morgan fingerprint density at radius 2 is 1.91 bits per heavy atom. The van der Waals surface area contributed by atoms with Crippen molar-refractivity contribution in [3.05, 3.63) is 75.7 Å². The van der Waals surface area contributed by atoms with Crippen LogP contribution in [0.4, 0.5) is 0 Å². The first-order valence-electron chi connectivity index (χ1n) is 11.6. The van der Waals surface area contributed by atoms with Gasteiger partial charge in [-0.2, -0.15) is 0 Å². The molecule has 1 aliphatic rings. The van der Waals surface area contributed by atoms with Crippen LogP contribution in [0.15, 0.2) is 53.3 Å². The second-order valence-electron chi connectivity index (χ2n) is 8.76. The summed E-state index contributed by atoms with van der Waals surface area (Å²) < 4.78 is 1.74. The van der Waals surface area contributed by atoms with Gasteiger partial charge in [-0.25, -0.2) is 4.98 Å². The van der Waals surface area contributed by atoms with Crippen LogP contribution in [0.5, 0.6) is 0 Å². The largest absolute Gasteiger partial charge is 0.352 e. The highest BCUT2D eigenvalue weighted by molar-refractivity contribution is 5.94. The lowest BCUT2D eigenvalue weighted by atomic mass is 10.0. The minimum atomic E-state index is -0.0893. The maximum Gasteiger partial charge on any atom is 0.272 e. The molecule has 0 unspecified atom stereocenters. The number of nitrogens with zero attached hydrogens (tertiary/aromatic N) is 3. The van der Waals surface area contributed by atoms with Gasteiger partial charge in [0.25, 0.3) is 11.5 Å². The molecule has 1 atom stereocenters. The number of carbonyl (C=O) groups excluding carboxylic acids is 1. The van der Waals surface area contributed by atoms with E-state index in [1.165, 1.54) is 25.8 Å². The van der Waals surface area contributed by atoms with E-state index in [0.717, 1.165) is 29.6 Å². The van der Waals surface area contributed by atoms with Crippen molar-refractivity contribution in [3.8, 4) is 0 Å². The monoisotopic (exact) mass is 432 g/mol. The number of hydrogen-bond donors (Lipinski definition) is 1. The van der Waals surface area contributed by atoms with E-state index in [1.807, 2.05) is 48.5 Å². The highest BCUT2D eigenvalue weighted by Gasteiger charge is 2.17. The van der Waals surface area contributed by atoms with E-state index < -0.39 is 0 Å². The molecule has 1 aromatic heterocycles. The van der Waals surface area contributed by atoms with Crippen molar-refractivity contribution in [2.24, 2.45) is 0 Å². The molecule has 0 radical (unpaired) electrons. The van der Waals surface area contributed by atoms with Crippen LogP contribution in [-0.2, 0) is 6.54 Å². The lowest BCUT2D eigenvalue weighted by Crippen LogP contribution is -2.39. The van der Waals surface area contributed by atoms with Gasteiger partial charge in [-0.3, -0.25) is 9.59 Å². The Kier molecular flexibility index (Phi) is 7.00. The topological polar surface area (TPSA) is 67.2 Å². The Bertz CT molecular complexity index is 1140. The number of hydrogen-bond acceptors (Lipinski definition) is 4. The number of fused-ring (bicyclic) bond motifs is 1. The molecule has 1 aliphatic heterocycles. The fourth-order valence-electron chi connectivity index (χ4n) is 4.50. The van der Waals surface area contributed by atoms with Crippen molar-refractivity contribution in [1.29, 1.82) is 0 Å². The van der Waals surface area contributed by atoms with Gasteiger partial charge in [0.15, 0.2) is 0 Å². The summed E-state index contributed by atoms with van der Waals surface area (Å²) in [6.07, 6.45) is 4.85. The molecule has 1 amide bonds. The number of rotatable bonds is 7. The number of amides is 1. The van der Waals surface area contributed by atoms with Crippen LogP contribution in [-0.4, -0.2) is 46.0 Å². The maximum absolute atomic E-state index is 12.7. The Balaban J connectivity index is 1.35. The van der Waals surface area contributed by atoms with Crippen molar-refractivity contribution >= 4 is 16.9 Å². The highest BCUT2D eigenvalue weighted by Crippen LogP contribution is 2.16. The van der Waals surface area contributed by atoms with Crippen LogP contribution in [0, 0.1) is 6.92 Å². The Labute approximate surface area is 189 Å². The molecule has 1 fully saturated rings. The van der Waals surface area contributed by atoms with Crippen LogP contribution in [0.25, 0.3) is 11.0 Å². The summed E-state index contributed by atoms with van der Waals surface area (Å²) in [5, 5.41) is 3.03. The number of nitrogens with one attached hydrogen (secondary N) is 1. The van der Waals surface area contributed by atoms with Crippen LogP contribution in [0.2, 0.25) is 0 Å². The van der Waals surface area contributed by atoms with Gasteiger partial charge >= 0.3 is 0 Å². The van der Waals surface area contributed by atoms with E-state index in [2.05, 4.69) is 22.1 Å². The normalized spacial score (nSPS) is 16.9. The van der Waals surface area contributed by atoms with E-state index in [1.54, 1.807) is 11.5 Å². The maximum atomic E-state index is 12.7. The summed E-state index contributed by atoms with van der Waals surface area (Å²) in [6.45, 7) is 7.37. The van der Waals surface area contributed by atoms with Crippen LogP contribution in [0.1, 0.15) is 54.2 Å². The van der Waals surface area contributed by atoms with Crippen molar-refractivity contribution in [2.45, 2.75) is 52.1 Å². The highest BCUT2D eigenvalue weighted by atomic mass is 16.1. The van der Waals surface area contributed by atoms with Crippen molar-refractivity contribution in [3.63, 3.8) is 0 Å². The number of carbonyl (C=O) groups is 1. The van der Waals surface area contributed by atoms with E-state index in [9.17, 15) is 9.59 Å². The second kappa shape index (κ2) is 10.1.